The van der Waals surface area contributed by atoms with Crippen LogP contribution in [0.3, 0.4) is 0 Å². The molecule has 0 aliphatic heterocycles. The molecule has 0 saturated carbocycles. The van der Waals surface area contributed by atoms with Gasteiger partial charge in [-0.1, -0.05) is 47.6 Å². The number of nitrogen functional groups attached to an aromatic ring is 1. The number of hydrogen-bond donors (Lipinski definition) is 1. The molecule has 0 saturated heterocycles. The van der Waals surface area contributed by atoms with E-state index in [0.717, 1.165) is 16.8 Å². The van der Waals surface area contributed by atoms with Gasteiger partial charge in [0.2, 0.25) is 11.7 Å². The average Bonchev–Trinajstić information content (AvgIpc) is 2.91. The lowest BCUT2D eigenvalue weighted by molar-refractivity contribution is 0.385. The van der Waals surface area contributed by atoms with Crippen molar-refractivity contribution in [1.82, 2.24) is 10.1 Å². The predicted octanol–water partition coefficient (Wildman–Crippen LogP) is 2.91. The smallest absolute Gasteiger partial charge is 0.231 e. The van der Waals surface area contributed by atoms with Gasteiger partial charge in [0.15, 0.2) is 0 Å². The zero-order valence-electron chi connectivity index (χ0n) is 10.3. The van der Waals surface area contributed by atoms with Crippen LogP contribution in [0.1, 0.15) is 11.5 Å². The van der Waals surface area contributed by atoms with Crippen LogP contribution in [0.25, 0.3) is 11.4 Å². The molecule has 0 spiro atoms. The Morgan fingerprint density at radius 2 is 1.68 bits per heavy atom. The van der Waals surface area contributed by atoms with E-state index in [1.165, 1.54) is 0 Å². The van der Waals surface area contributed by atoms with E-state index in [9.17, 15) is 0 Å². The zero-order chi connectivity index (χ0) is 13.1. The highest BCUT2D eigenvalue weighted by atomic mass is 16.5. The normalized spacial score (nSPS) is 10.5. The minimum Gasteiger partial charge on any atom is -0.399 e. The molecule has 3 aromatic rings. The highest BCUT2D eigenvalue weighted by Gasteiger charge is 2.08. The Balaban J connectivity index is 1.80. The van der Waals surface area contributed by atoms with E-state index in [2.05, 4.69) is 10.1 Å². The Hall–Kier alpha value is -2.62. The number of anilines is 1. The lowest BCUT2D eigenvalue weighted by Crippen LogP contribution is -1.90. The van der Waals surface area contributed by atoms with Gasteiger partial charge in [0.1, 0.15) is 0 Å². The first-order valence-electron chi connectivity index (χ1n) is 6.04. The maximum absolute atomic E-state index is 5.65. The average molecular weight is 251 g/mol. The number of aromatic nitrogens is 2. The molecule has 4 nitrogen and oxygen atoms in total. The molecule has 0 aliphatic carbocycles. The molecular formula is C15H13N3O. The molecule has 1 aromatic heterocycles. The summed E-state index contributed by atoms with van der Waals surface area (Å²) in [5.41, 5.74) is 8.45. The van der Waals surface area contributed by atoms with Crippen molar-refractivity contribution < 1.29 is 4.52 Å². The topological polar surface area (TPSA) is 64.9 Å². The van der Waals surface area contributed by atoms with Crippen molar-refractivity contribution in [3.05, 3.63) is 66.1 Å². The molecule has 2 N–H and O–H groups in total. The van der Waals surface area contributed by atoms with E-state index < -0.39 is 0 Å². The van der Waals surface area contributed by atoms with Crippen LogP contribution in [-0.2, 0) is 6.42 Å². The van der Waals surface area contributed by atoms with Crippen molar-refractivity contribution in [1.29, 1.82) is 0 Å². The van der Waals surface area contributed by atoms with E-state index in [1.54, 1.807) is 0 Å². The van der Waals surface area contributed by atoms with E-state index in [1.807, 2.05) is 54.6 Å². The van der Waals surface area contributed by atoms with Gasteiger partial charge in [0, 0.05) is 11.3 Å². The van der Waals surface area contributed by atoms with Crippen LogP contribution in [0.2, 0.25) is 0 Å². The number of nitrogens with zero attached hydrogens (tertiary/aromatic N) is 2. The molecule has 1 heterocycles. The third-order valence-corrected chi connectivity index (χ3v) is 2.84. The van der Waals surface area contributed by atoms with Crippen molar-refractivity contribution in [2.75, 3.05) is 5.73 Å². The molecule has 0 atom stereocenters. The van der Waals surface area contributed by atoms with Crippen LogP contribution in [0, 0.1) is 0 Å². The maximum atomic E-state index is 5.65. The molecular weight excluding hydrogens is 238 g/mol. The highest BCUT2D eigenvalue weighted by Crippen LogP contribution is 2.16. The summed E-state index contributed by atoms with van der Waals surface area (Å²) in [4.78, 5) is 4.39. The summed E-state index contributed by atoms with van der Waals surface area (Å²) in [6.07, 6.45) is 0.611. The van der Waals surface area contributed by atoms with Gasteiger partial charge in [-0.25, -0.2) is 0 Å². The SMILES string of the molecule is Nc1ccc(Cc2nc(-c3ccccc3)no2)cc1. The minimum absolute atomic E-state index is 0.601. The van der Waals surface area contributed by atoms with Gasteiger partial charge in [-0.2, -0.15) is 4.98 Å². The second-order valence-electron chi connectivity index (χ2n) is 4.30. The fourth-order valence-electron chi connectivity index (χ4n) is 1.84. The molecule has 3 rings (SSSR count). The largest absolute Gasteiger partial charge is 0.399 e. The summed E-state index contributed by atoms with van der Waals surface area (Å²) in [6.45, 7) is 0. The Bertz CT molecular complexity index is 659. The van der Waals surface area contributed by atoms with Crippen molar-refractivity contribution in [2.24, 2.45) is 0 Å². The number of nitrogens with two attached hydrogens (primary N) is 1. The van der Waals surface area contributed by atoms with Gasteiger partial charge in [-0.15, -0.1) is 0 Å². The van der Waals surface area contributed by atoms with Crippen LogP contribution in [0.4, 0.5) is 5.69 Å². The van der Waals surface area contributed by atoms with E-state index in [0.29, 0.717) is 18.1 Å². The van der Waals surface area contributed by atoms with Gasteiger partial charge < -0.3 is 10.3 Å². The fourth-order valence-corrected chi connectivity index (χ4v) is 1.84. The molecule has 19 heavy (non-hydrogen) atoms. The van der Waals surface area contributed by atoms with E-state index in [4.69, 9.17) is 10.3 Å². The van der Waals surface area contributed by atoms with Crippen molar-refractivity contribution in [2.45, 2.75) is 6.42 Å². The molecule has 4 heteroatoms. The number of benzene rings is 2. The van der Waals surface area contributed by atoms with Gasteiger partial charge >= 0.3 is 0 Å². The van der Waals surface area contributed by atoms with Crippen LogP contribution in [0.15, 0.2) is 59.1 Å². The lowest BCUT2D eigenvalue weighted by Gasteiger charge is -1.97. The Morgan fingerprint density at radius 3 is 2.42 bits per heavy atom. The predicted molar refractivity (Wildman–Crippen MR) is 73.4 cm³/mol. The van der Waals surface area contributed by atoms with Crippen molar-refractivity contribution >= 4 is 5.69 Å². The zero-order valence-corrected chi connectivity index (χ0v) is 10.3. The molecule has 0 bridgehead atoms. The van der Waals surface area contributed by atoms with Gasteiger partial charge in [0.25, 0.3) is 0 Å². The van der Waals surface area contributed by atoms with Gasteiger partial charge in [-0.05, 0) is 17.7 Å². The standard InChI is InChI=1S/C15H13N3O/c16-13-8-6-11(7-9-13)10-14-17-15(18-19-14)12-4-2-1-3-5-12/h1-9H,10,16H2. The third kappa shape index (κ3) is 2.63. The first kappa shape index (κ1) is 11.5. The minimum atomic E-state index is 0.601. The number of hydrogen-bond acceptors (Lipinski definition) is 4. The monoisotopic (exact) mass is 251 g/mol. The Labute approximate surface area is 110 Å². The van der Waals surface area contributed by atoms with Gasteiger partial charge in [0.05, 0.1) is 6.42 Å². The van der Waals surface area contributed by atoms with Crippen molar-refractivity contribution in [3.63, 3.8) is 0 Å². The summed E-state index contributed by atoms with van der Waals surface area (Å²) < 4.78 is 5.26. The summed E-state index contributed by atoms with van der Waals surface area (Å²) >= 11 is 0. The van der Waals surface area contributed by atoms with Crippen LogP contribution < -0.4 is 5.73 Å². The van der Waals surface area contributed by atoms with Crippen LogP contribution >= 0.6 is 0 Å². The molecule has 94 valence electrons. The van der Waals surface area contributed by atoms with Crippen molar-refractivity contribution in [3.8, 4) is 11.4 Å². The Kier molecular flexibility index (Phi) is 2.98. The summed E-state index contributed by atoms with van der Waals surface area (Å²) in [5.74, 6) is 1.22. The molecule has 0 fully saturated rings. The quantitative estimate of drug-likeness (QED) is 0.727. The Morgan fingerprint density at radius 1 is 0.947 bits per heavy atom. The highest BCUT2D eigenvalue weighted by molar-refractivity contribution is 5.53. The third-order valence-electron chi connectivity index (χ3n) is 2.84. The summed E-state index contributed by atoms with van der Waals surface area (Å²) in [6, 6.07) is 17.4. The summed E-state index contributed by atoms with van der Waals surface area (Å²) in [5, 5.41) is 3.99. The fraction of sp³-hybridized carbons (Fsp3) is 0.0667. The molecule has 0 amide bonds. The first-order chi connectivity index (χ1) is 9.31. The number of rotatable bonds is 3. The van der Waals surface area contributed by atoms with Gasteiger partial charge in [-0.3, -0.25) is 0 Å². The second-order valence-corrected chi connectivity index (χ2v) is 4.30. The van der Waals surface area contributed by atoms with Crippen LogP contribution in [0.5, 0.6) is 0 Å². The maximum Gasteiger partial charge on any atom is 0.231 e. The first-order valence-corrected chi connectivity index (χ1v) is 6.04. The van der Waals surface area contributed by atoms with E-state index >= 15 is 0 Å². The summed E-state index contributed by atoms with van der Waals surface area (Å²) in [7, 11) is 0. The molecule has 0 radical (unpaired) electrons. The van der Waals surface area contributed by atoms with Crippen LogP contribution in [-0.4, -0.2) is 10.1 Å². The molecule has 0 aliphatic rings. The molecule has 2 aromatic carbocycles. The lowest BCUT2D eigenvalue weighted by atomic mass is 10.1. The second kappa shape index (κ2) is 4.94. The van der Waals surface area contributed by atoms with E-state index in [-0.39, 0.29) is 0 Å². The molecule has 0 unspecified atom stereocenters.